The number of nitrogens with one attached hydrogen (secondary N) is 1. The van der Waals surface area contributed by atoms with Crippen LogP contribution in [-0.4, -0.2) is 48.4 Å². The van der Waals surface area contributed by atoms with Gasteiger partial charge in [0.05, 0.1) is 6.10 Å². The second-order valence-corrected chi connectivity index (χ2v) is 4.31. The molecule has 0 unspecified atom stereocenters. The molecule has 2 aliphatic heterocycles. The molecule has 0 spiro atoms. The van der Waals surface area contributed by atoms with Crippen molar-refractivity contribution in [3.8, 4) is 0 Å². The Kier molecular flexibility index (Phi) is 3.73. The normalized spacial score (nSPS) is 24.5. The van der Waals surface area contributed by atoms with E-state index < -0.39 is 0 Å². The van der Waals surface area contributed by atoms with Crippen LogP contribution in [0.25, 0.3) is 0 Å². The second kappa shape index (κ2) is 5.27. The average molecular weight is 240 g/mol. The van der Waals surface area contributed by atoms with Crippen molar-refractivity contribution < 1.29 is 19.1 Å². The maximum absolute atomic E-state index is 11.5. The fourth-order valence-corrected chi connectivity index (χ4v) is 2.03. The molecule has 1 atom stereocenters. The lowest BCUT2D eigenvalue weighted by molar-refractivity contribution is -0.142. The number of imide groups is 1. The first-order valence-electron chi connectivity index (χ1n) is 5.88. The lowest BCUT2D eigenvalue weighted by atomic mass is 10.2. The number of likely N-dealkylation sites (tertiary alicyclic amines) is 1. The molecule has 0 aromatic carbocycles. The molecule has 2 aliphatic rings. The van der Waals surface area contributed by atoms with Gasteiger partial charge in [-0.15, -0.1) is 0 Å². The Balaban J connectivity index is 1.73. The molecule has 94 valence electrons. The Morgan fingerprint density at radius 1 is 1.35 bits per heavy atom. The van der Waals surface area contributed by atoms with E-state index in [1.807, 2.05) is 0 Å². The van der Waals surface area contributed by atoms with Crippen molar-refractivity contribution in [3.63, 3.8) is 0 Å². The maximum Gasteiger partial charge on any atom is 0.240 e. The zero-order valence-corrected chi connectivity index (χ0v) is 9.61. The third kappa shape index (κ3) is 3.03. The Morgan fingerprint density at radius 3 is 2.65 bits per heavy atom. The molecule has 2 heterocycles. The molecule has 6 nitrogen and oxygen atoms in total. The second-order valence-electron chi connectivity index (χ2n) is 4.31. The molecule has 3 amide bonds. The molecular formula is C11H16N2O4. The molecule has 17 heavy (non-hydrogen) atoms. The van der Waals surface area contributed by atoms with Crippen LogP contribution < -0.4 is 5.32 Å². The highest BCUT2D eigenvalue weighted by Gasteiger charge is 2.30. The summed E-state index contributed by atoms with van der Waals surface area (Å²) in [6, 6.07) is 0. The van der Waals surface area contributed by atoms with E-state index in [4.69, 9.17) is 4.74 Å². The third-order valence-electron chi connectivity index (χ3n) is 3.01. The lowest BCUT2D eigenvalue weighted by Gasteiger charge is -2.15. The fourth-order valence-electron chi connectivity index (χ4n) is 2.03. The molecule has 6 heteroatoms. The molecule has 2 fully saturated rings. The van der Waals surface area contributed by atoms with Gasteiger partial charge in [-0.3, -0.25) is 19.3 Å². The Morgan fingerprint density at radius 2 is 2.06 bits per heavy atom. The Labute approximate surface area is 99.3 Å². The van der Waals surface area contributed by atoms with Crippen molar-refractivity contribution in [2.24, 2.45) is 0 Å². The van der Waals surface area contributed by atoms with E-state index in [-0.39, 0.29) is 43.2 Å². The monoisotopic (exact) mass is 240 g/mol. The van der Waals surface area contributed by atoms with Crippen molar-refractivity contribution in [1.82, 2.24) is 10.2 Å². The van der Waals surface area contributed by atoms with E-state index in [0.29, 0.717) is 6.54 Å². The number of hydrogen-bond acceptors (Lipinski definition) is 4. The van der Waals surface area contributed by atoms with Gasteiger partial charge in [0.15, 0.2) is 0 Å². The summed E-state index contributed by atoms with van der Waals surface area (Å²) in [6.45, 7) is 1.03. The van der Waals surface area contributed by atoms with E-state index >= 15 is 0 Å². The van der Waals surface area contributed by atoms with E-state index in [0.717, 1.165) is 24.3 Å². The van der Waals surface area contributed by atoms with Gasteiger partial charge in [0.2, 0.25) is 17.7 Å². The van der Waals surface area contributed by atoms with Gasteiger partial charge < -0.3 is 10.1 Å². The zero-order valence-electron chi connectivity index (χ0n) is 9.61. The predicted molar refractivity (Wildman–Crippen MR) is 57.9 cm³/mol. The van der Waals surface area contributed by atoms with Gasteiger partial charge in [-0.05, 0) is 12.8 Å². The van der Waals surface area contributed by atoms with E-state index in [1.165, 1.54) is 0 Å². The predicted octanol–water partition coefficient (Wildman–Crippen LogP) is -0.569. The van der Waals surface area contributed by atoms with Crippen LogP contribution in [0.2, 0.25) is 0 Å². The maximum atomic E-state index is 11.5. The minimum Gasteiger partial charge on any atom is -0.376 e. The van der Waals surface area contributed by atoms with E-state index in [9.17, 15) is 14.4 Å². The number of amides is 3. The number of carbonyl (C=O) groups excluding carboxylic acids is 3. The van der Waals surface area contributed by atoms with Gasteiger partial charge in [-0.25, -0.2) is 0 Å². The van der Waals surface area contributed by atoms with Crippen molar-refractivity contribution in [2.75, 3.05) is 19.7 Å². The SMILES string of the molecule is O=C(CN1C(=O)CCC1=O)NC[C@H]1CCCO1. The van der Waals surface area contributed by atoms with Gasteiger partial charge in [0, 0.05) is 26.0 Å². The summed E-state index contributed by atoms with van der Waals surface area (Å²) >= 11 is 0. The van der Waals surface area contributed by atoms with Crippen LogP contribution in [0.4, 0.5) is 0 Å². The standard InChI is InChI=1S/C11H16N2O4/c14-9(12-6-8-2-1-5-17-8)7-13-10(15)3-4-11(13)16/h8H,1-7H2,(H,12,14)/t8-/m1/s1. The molecule has 0 bridgehead atoms. The van der Waals surface area contributed by atoms with Crippen LogP contribution in [-0.2, 0) is 19.1 Å². The number of rotatable bonds is 4. The highest BCUT2D eigenvalue weighted by molar-refractivity contribution is 6.04. The van der Waals surface area contributed by atoms with Crippen LogP contribution in [0.5, 0.6) is 0 Å². The van der Waals surface area contributed by atoms with Gasteiger partial charge >= 0.3 is 0 Å². The van der Waals surface area contributed by atoms with Crippen molar-refractivity contribution in [3.05, 3.63) is 0 Å². The van der Waals surface area contributed by atoms with Crippen LogP contribution in [0.15, 0.2) is 0 Å². The molecule has 0 aromatic rings. The van der Waals surface area contributed by atoms with E-state index in [1.54, 1.807) is 0 Å². The number of hydrogen-bond donors (Lipinski definition) is 1. The van der Waals surface area contributed by atoms with Crippen molar-refractivity contribution >= 4 is 17.7 Å². The average Bonchev–Trinajstić information content (AvgIpc) is 2.91. The fraction of sp³-hybridized carbons (Fsp3) is 0.727. The van der Waals surface area contributed by atoms with Gasteiger partial charge in [0.25, 0.3) is 0 Å². The smallest absolute Gasteiger partial charge is 0.240 e. The number of carbonyl (C=O) groups is 3. The minimum absolute atomic E-state index is 0.0731. The molecule has 1 N–H and O–H groups in total. The molecule has 2 rings (SSSR count). The molecule has 0 aliphatic carbocycles. The first kappa shape index (κ1) is 12.0. The van der Waals surface area contributed by atoms with Crippen LogP contribution in [0.3, 0.4) is 0 Å². The summed E-state index contributed by atoms with van der Waals surface area (Å²) in [7, 11) is 0. The highest BCUT2D eigenvalue weighted by atomic mass is 16.5. The number of ether oxygens (including phenoxy) is 1. The number of nitrogens with zero attached hydrogens (tertiary/aromatic N) is 1. The molecule has 0 radical (unpaired) electrons. The third-order valence-corrected chi connectivity index (χ3v) is 3.01. The minimum atomic E-state index is -0.302. The molecular weight excluding hydrogens is 224 g/mol. The lowest BCUT2D eigenvalue weighted by Crippen LogP contribution is -2.42. The summed E-state index contributed by atoms with van der Waals surface area (Å²) in [5.74, 6) is -0.825. The van der Waals surface area contributed by atoms with Crippen LogP contribution in [0.1, 0.15) is 25.7 Å². The summed E-state index contributed by atoms with van der Waals surface area (Å²) < 4.78 is 5.35. The quantitative estimate of drug-likeness (QED) is 0.668. The first-order valence-corrected chi connectivity index (χ1v) is 5.88. The Bertz CT molecular complexity index is 320. The summed E-state index contributed by atoms with van der Waals surface area (Å²) in [4.78, 5) is 35.1. The summed E-state index contributed by atoms with van der Waals surface area (Å²) in [5, 5.41) is 2.68. The van der Waals surface area contributed by atoms with Crippen molar-refractivity contribution in [2.45, 2.75) is 31.8 Å². The molecule has 0 aromatic heterocycles. The van der Waals surface area contributed by atoms with Crippen LogP contribution in [0, 0.1) is 0 Å². The topological polar surface area (TPSA) is 75.7 Å². The largest absolute Gasteiger partial charge is 0.376 e. The van der Waals surface area contributed by atoms with Gasteiger partial charge in [-0.2, -0.15) is 0 Å². The van der Waals surface area contributed by atoms with E-state index in [2.05, 4.69) is 5.32 Å². The van der Waals surface area contributed by atoms with Crippen LogP contribution >= 0.6 is 0 Å². The summed E-state index contributed by atoms with van der Waals surface area (Å²) in [5.41, 5.74) is 0. The summed E-state index contributed by atoms with van der Waals surface area (Å²) in [6.07, 6.45) is 2.48. The first-order chi connectivity index (χ1) is 8.16. The molecule has 2 saturated heterocycles. The molecule has 0 saturated carbocycles. The van der Waals surface area contributed by atoms with Gasteiger partial charge in [0.1, 0.15) is 6.54 Å². The Hall–Kier alpha value is -1.43. The van der Waals surface area contributed by atoms with Crippen molar-refractivity contribution in [1.29, 1.82) is 0 Å². The zero-order chi connectivity index (χ0) is 12.3. The van der Waals surface area contributed by atoms with Gasteiger partial charge in [-0.1, -0.05) is 0 Å². The highest BCUT2D eigenvalue weighted by Crippen LogP contribution is 2.12.